The first-order valence-electron chi connectivity index (χ1n) is 6.83. The molecule has 102 valence electrons. The highest BCUT2D eigenvalue weighted by molar-refractivity contribution is 6.39. The number of nitrogens with zero attached hydrogens (tertiary/aromatic N) is 1. The Labute approximate surface area is 117 Å². The fraction of sp³-hybridized carbons (Fsp3) is 0.250. The minimum atomic E-state index is -0.554. The number of hydrogen-bond acceptors (Lipinski definition) is 2. The van der Waals surface area contributed by atoms with Crippen molar-refractivity contribution in [1.82, 2.24) is 4.90 Å². The summed E-state index contributed by atoms with van der Waals surface area (Å²) in [6.45, 7) is 1.37. The van der Waals surface area contributed by atoms with E-state index in [2.05, 4.69) is 5.32 Å². The van der Waals surface area contributed by atoms with Gasteiger partial charge in [0.1, 0.15) is 0 Å². The molecule has 2 aromatic carbocycles. The quantitative estimate of drug-likeness (QED) is 0.807. The summed E-state index contributed by atoms with van der Waals surface area (Å²) in [6.07, 6.45) is 1.96. The zero-order valence-corrected chi connectivity index (χ0v) is 11.1. The number of benzene rings is 2. The molecule has 1 N–H and O–H groups in total. The molecule has 20 heavy (non-hydrogen) atoms. The number of fused-ring (bicyclic) bond motifs is 1. The lowest BCUT2D eigenvalue weighted by molar-refractivity contribution is -0.142. The third-order valence-corrected chi connectivity index (χ3v) is 3.59. The van der Waals surface area contributed by atoms with Crippen LogP contribution in [0.2, 0.25) is 0 Å². The van der Waals surface area contributed by atoms with Crippen LogP contribution in [0.15, 0.2) is 42.5 Å². The molecule has 4 nitrogen and oxygen atoms in total. The Bertz CT molecular complexity index is 660. The number of amides is 2. The van der Waals surface area contributed by atoms with Crippen LogP contribution in [0.4, 0.5) is 5.69 Å². The Kier molecular flexibility index (Phi) is 3.37. The third kappa shape index (κ3) is 2.50. The number of anilines is 1. The maximum absolute atomic E-state index is 11.9. The van der Waals surface area contributed by atoms with Crippen LogP contribution in [-0.4, -0.2) is 29.8 Å². The number of carbonyl (C=O) groups excluding carboxylic acids is 2. The third-order valence-electron chi connectivity index (χ3n) is 3.59. The number of rotatable bonds is 1. The van der Waals surface area contributed by atoms with Crippen molar-refractivity contribution in [3.8, 4) is 0 Å². The van der Waals surface area contributed by atoms with Gasteiger partial charge in [-0.05, 0) is 35.7 Å². The van der Waals surface area contributed by atoms with Crippen molar-refractivity contribution in [3.05, 3.63) is 42.5 Å². The molecular formula is C16H16N2O2. The van der Waals surface area contributed by atoms with E-state index in [0.29, 0.717) is 18.8 Å². The Morgan fingerprint density at radius 3 is 2.40 bits per heavy atom. The van der Waals surface area contributed by atoms with E-state index >= 15 is 0 Å². The molecule has 0 saturated carbocycles. The van der Waals surface area contributed by atoms with Gasteiger partial charge in [0.15, 0.2) is 0 Å². The minimum Gasteiger partial charge on any atom is -0.334 e. The highest BCUT2D eigenvalue weighted by Crippen LogP contribution is 2.19. The van der Waals surface area contributed by atoms with Gasteiger partial charge >= 0.3 is 11.8 Å². The van der Waals surface area contributed by atoms with Crippen molar-refractivity contribution in [2.45, 2.75) is 12.8 Å². The average molecular weight is 268 g/mol. The standard InChI is InChI=1S/C16H16N2O2/c19-15(16(20)18-9-3-4-10-18)17-14-8-7-12-5-1-2-6-13(12)11-14/h1-2,5-8,11H,3-4,9-10H2,(H,17,19). The van der Waals surface area contributed by atoms with Crippen molar-refractivity contribution >= 4 is 28.3 Å². The topological polar surface area (TPSA) is 49.4 Å². The largest absolute Gasteiger partial charge is 0.334 e. The molecule has 0 aliphatic carbocycles. The van der Waals surface area contributed by atoms with Gasteiger partial charge < -0.3 is 10.2 Å². The highest BCUT2D eigenvalue weighted by Gasteiger charge is 2.24. The number of likely N-dealkylation sites (tertiary alicyclic amines) is 1. The number of carbonyl (C=O) groups is 2. The van der Waals surface area contributed by atoms with E-state index in [0.717, 1.165) is 23.6 Å². The van der Waals surface area contributed by atoms with Crippen LogP contribution in [0.5, 0.6) is 0 Å². The van der Waals surface area contributed by atoms with Gasteiger partial charge in [0.25, 0.3) is 0 Å². The molecule has 1 fully saturated rings. The second-order valence-corrected chi connectivity index (χ2v) is 5.02. The summed E-state index contributed by atoms with van der Waals surface area (Å²) in [5.41, 5.74) is 0.654. The predicted octanol–water partition coefficient (Wildman–Crippen LogP) is 2.40. The summed E-state index contributed by atoms with van der Waals surface area (Å²) in [5.74, 6) is -0.988. The Hall–Kier alpha value is -2.36. The molecule has 2 aromatic rings. The molecule has 1 heterocycles. The lowest BCUT2D eigenvalue weighted by Gasteiger charge is -2.14. The summed E-state index contributed by atoms with van der Waals surface area (Å²) in [7, 11) is 0. The smallest absolute Gasteiger partial charge is 0.313 e. The van der Waals surface area contributed by atoms with Crippen molar-refractivity contribution in [3.63, 3.8) is 0 Å². The maximum Gasteiger partial charge on any atom is 0.313 e. The molecule has 3 rings (SSSR count). The van der Waals surface area contributed by atoms with E-state index in [1.54, 1.807) is 4.90 Å². The monoisotopic (exact) mass is 268 g/mol. The van der Waals surface area contributed by atoms with Gasteiger partial charge in [0.05, 0.1) is 0 Å². The molecule has 0 aromatic heterocycles. The van der Waals surface area contributed by atoms with Crippen molar-refractivity contribution in [1.29, 1.82) is 0 Å². The van der Waals surface area contributed by atoms with Gasteiger partial charge in [-0.3, -0.25) is 9.59 Å². The summed E-state index contributed by atoms with van der Waals surface area (Å²) in [5, 5.41) is 4.83. The van der Waals surface area contributed by atoms with E-state index in [1.807, 2.05) is 42.5 Å². The molecule has 1 saturated heterocycles. The van der Waals surface area contributed by atoms with Gasteiger partial charge in [-0.1, -0.05) is 30.3 Å². The van der Waals surface area contributed by atoms with E-state index in [9.17, 15) is 9.59 Å². The van der Waals surface area contributed by atoms with Gasteiger partial charge in [-0.15, -0.1) is 0 Å². The second kappa shape index (κ2) is 5.33. The minimum absolute atomic E-state index is 0.435. The first kappa shape index (κ1) is 12.7. The predicted molar refractivity (Wildman–Crippen MR) is 78.4 cm³/mol. The first-order chi connectivity index (χ1) is 9.74. The molecule has 2 amide bonds. The average Bonchev–Trinajstić information content (AvgIpc) is 3.00. The Morgan fingerprint density at radius 2 is 1.65 bits per heavy atom. The lowest BCUT2D eigenvalue weighted by Crippen LogP contribution is -2.37. The summed E-state index contributed by atoms with van der Waals surface area (Å²) in [6, 6.07) is 13.5. The Balaban J connectivity index is 1.75. The zero-order valence-electron chi connectivity index (χ0n) is 11.1. The summed E-state index contributed by atoms with van der Waals surface area (Å²) >= 11 is 0. The van der Waals surface area contributed by atoms with Gasteiger partial charge in [-0.2, -0.15) is 0 Å². The summed E-state index contributed by atoms with van der Waals surface area (Å²) in [4.78, 5) is 25.5. The fourth-order valence-electron chi connectivity index (χ4n) is 2.52. The molecule has 4 heteroatoms. The van der Waals surface area contributed by atoms with Crippen LogP contribution in [0, 0.1) is 0 Å². The molecule has 0 bridgehead atoms. The van der Waals surface area contributed by atoms with Crippen LogP contribution >= 0.6 is 0 Å². The van der Waals surface area contributed by atoms with Crippen LogP contribution in [0.25, 0.3) is 10.8 Å². The summed E-state index contributed by atoms with van der Waals surface area (Å²) < 4.78 is 0. The fourth-order valence-corrected chi connectivity index (χ4v) is 2.52. The van der Waals surface area contributed by atoms with Crippen LogP contribution in [0.1, 0.15) is 12.8 Å². The molecule has 0 unspecified atom stereocenters. The maximum atomic E-state index is 11.9. The molecule has 0 radical (unpaired) electrons. The SMILES string of the molecule is O=C(Nc1ccc2ccccc2c1)C(=O)N1CCCC1. The van der Waals surface area contributed by atoms with Gasteiger partial charge in [0, 0.05) is 18.8 Å². The van der Waals surface area contributed by atoms with Crippen LogP contribution in [-0.2, 0) is 9.59 Å². The highest BCUT2D eigenvalue weighted by atomic mass is 16.2. The number of hydrogen-bond donors (Lipinski definition) is 1. The lowest BCUT2D eigenvalue weighted by atomic mass is 10.1. The van der Waals surface area contributed by atoms with Crippen molar-refractivity contribution in [2.24, 2.45) is 0 Å². The zero-order chi connectivity index (χ0) is 13.9. The normalized spacial score (nSPS) is 14.5. The van der Waals surface area contributed by atoms with Crippen LogP contribution in [0.3, 0.4) is 0 Å². The molecule has 1 aliphatic heterocycles. The first-order valence-corrected chi connectivity index (χ1v) is 6.83. The molecule has 1 aliphatic rings. The van der Waals surface area contributed by atoms with Gasteiger partial charge in [0.2, 0.25) is 0 Å². The molecule has 0 spiro atoms. The molecular weight excluding hydrogens is 252 g/mol. The second-order valence-electron chi connectivity index (χ2n) is 5.02. The van der Waals surface area contributed by atoms with Crippen molar-refractivity contribution < 1.29 is 9.59 Å². The van der Waals surface area contributed by atoms with Crippen LogP contribution < -0.4 is 5.32 Å². The van der Waals surface area contributed by atoms with Crippen molar-refractivity contribution in [2.75, 3.05) is 18.4 Å². The number of nitrogens with one attached hydrogen (secondary N) is 1. The van der Waals surface area contributed by atoms with Gasteiger partial charge in [-0.25, -0.2) is 0 Å². The van der Waals surface area contributed by atoms with E-state index in [-0.39, 0.29) is 0 Å². The molecule has 0 atom stereocenters. The van der Waals surface area contributed by atoms with E-state index in [1.165, 1.54) is 0 Å². The van der Waals surface area contributed by atoms with E-state index in [4.69, 9.17) is 0 Å². The van der Waals surface area contributed by atoms with E-state index < -0.39 is 11.8 Å². The Morgan fingerprint density at radius 1 is 0.950 bits per heavy atom.